The predicted molar refractivity (Wildman–Crippen MR) is 119 cm³/mol. The number of benzene rings is 1. The first-order valence-corrected chi connectivity index (χ1v) is 9.08. The molecule has 0 aliphatic carbocycles. The van der Waals surface area contributed by atoms with Crippen LogP contribution in [0.5, 0.6) is 0 Å². The second kappa shape index (κ2) is 10.3. The van der Waals surface area contributed by atoms with Gasteiger partial charge in [0.1, 0.15) is 5.82 Å². The van der Waals surface area contributed by atoms with Crippen molar-refractivity contribution in [1.29, 1.82) is 0 Å². The molecule has 0 aliphatic rings. The van der Waals surface area contributed by atoms with E-state index in [0.29, 0.717) is 0 Å². The van der Waals surface area contributed by atoms with Crippen LogP contribution in [0.15, 0.2) is 35.6 Å². The number of guanidine groups is 1. The molecule has 0 bridgehead atoms. The van der Waals surface area contributed by atoms with Crippen molar-refractivity contribution < 1.29 is 18.3 Å². The van der Waals surface area contributed by atoms with Gasteiger partial charge < -0.3 is 20.7 Å². The first kappa shape index (κ1) is 25.2. The number of alkyl halides is 3. The van der Waals surface area contributed by atoms with Crippen LogP contribution in [-0.4, -0.2) is 33.3 Å². The molecule has 2 aromatic rings. The minimum absolute atomic E-state index is 0. The van der Waals surface area contributed by atoms with Gasteiger partial charge in [-0.3, -0.25) is 4.99 Å². The van der Waals surface area contributed by atoms with Crippen molar-refractivity contribution in [2.24, 2.45) is 17.8 Å². The Kier molecular flexibility index (Phi) is 8.94. The zero-order chi connectivity index (χ0) is 20.9. The van der Waals surface area contributed by atoms with Crippen molar-refractivity contribution >= 4 is 35.6 Å². The lowest BCUT2D eigenvalue weighted by Crippen LogP contribution is -2.45. The first-order chi connectivity index (χ1) is 13.1. The van der Waals surface area contributed by atoms with Gasteiger partial charge in [-0.05, 0) is 24.0 Å². The smallest absolute Gasteiger partial charge is 0.374 e. The molecule has 0 saturated carbocycles. The monoisotopic (exact) mass is 525 g/mol. The summed E-state index contributed by atoms with van der Waals surface area (Å²) in [5.74, 6) is -0.480. The quantitative estimate of drug-likeness (QED) is 0.292. The Morgan fingerprint density at radius 3 is 2.28 bits per heavy atom. The van der Waals surface area contributed by atoms with E-state index >= 15 is 0 Å². The third kappa shape index (κ3) is 5.62. The highest BCUT2D eigenvalue weighted by atomic mass is 127. The maximum Gasteiger partial charge on any atom is 0.424 e. The van der Waals surface area contributed by atoms with Gasteiger partial charge >= 0.3 is 6.18 Å². The number of rotatable bonds is 7. The van der Waals surface area contributed by atoms with E-state index in [9.17, 15) is 18.3 Å². The van der Waals surface area contributed by atoms with Crippen LogP contribution >= 0.6 is 24.0 Å². The van der Waals surface area contributed by atoms with E-state index in [1.807, 2.05) is 32.0 Å². The summed E-state index contributed by atoms with van der Waals surface area (Å²) in [5, 5.41) is 13.3. The van der Waals surface area contributed by atoms with Crippen LogP contribution in [0, 0.1) is 0 Å². The molecule has 0 aliphatic heterocycles. The molecule has 0 spiro atoms. The molecule has 1 unspecified atom stereocenters. The number of para-hydroxylation sites is 1. The second-order valence-electron chi connectivity index (χ2n) is 6.52. The van der Waals surface area contributed by atoms with Gasteiger partial charge in [-0.1, -0.05) is 32.0 Å². The van der Waals surface area contributed by atoms with Crippen LogP contribution in [0.25, 0.3) is 0 Å². The fourth-order valence-electron chi connectivity index (χ4n) is 3.05. The molecule has 1 aromatic heterocycles. The Morgan fingerprint density at radius 2 is 1.83 bits per heavy atom. The maximum atomic E-state index is 13.5. The number of hydrogen-bond donors (Lipinski definition) is 3. The minimum atomic E-state index is -4.89. The summed E-state index contributed by atoms with van der Waals surface area (Å²) >= 11 is 0. The standard InChI is InChI=1S/C19H26F3N5O.HI/c1-4-13-7-6-8-14(5-2)15(13)26-17(23)25-10-9-18(28,19(20,21)22)16-24-11-12-27(16)3;/h6-8,11-12,28H,4-5,9-10H2,1-3H3,(H3,23,25,26);1H. The van der Waals surface area contributed by atoms with E-state index in [4.69, 9.17) is 5.73 Å². The van der Waals surface area contributed by atoms with Gasteiger partial charge in [0.2, 0.25) is 5.60 Å². The van der Waals surface area contributed by atoms with Crippen molar-refractivity contribution in [3.63, 3.8) is 0 Å². The Morgan fingerprint density at radius 1 is 1.24 bits per heavy atom. The lowest BCUT2D eigenvalue weighted by Gasteiger charge is -2.29. The van der Waals surface area contributed by atoms with Gasteiger partial charge in [0.25, 0.3) is 0 Å². The number of anilines is 1. The number of halogens is 4. The summed E-state index contributed by atoms with van der Waals surface area (Å²) in [7, 11) is 1.40. The summed E-state index contributed by atoms with van der Waals surface area (Å²) in [6, 6.07) is 5.86. The minimum Gasteiger partial charge on any atom is -0.374 e. The molecule has 1 atom stereocenters. The Hall–Kier alpha value is -1.82. The molecule has 0 radical (unpaired) electrons. The highest BCUT2D eigenvalue weighted by Gasteiger charge is 2.57. The molecule has 0 fully saturated rings. The number of hydrogen-bond acceptors (Lipinski definition) is 3. The number of aryl methyl sites for hydroxylation is 3. The largest absolute Gasteiger partial charge is 0.424 e. The van der Waals surface area contributed by atoms with Crippen LogP contribution in [0.1, 0.15) is 37.2 Å². The lowest BCUT2D eigenvalue weighted by molar-refractivity contribution is -0.272. The molecule has 1 aromatic carbocycles. The fourth-order valence-corrected chi connectivity index (χ4v) is 3.05. The summed E-state index contributed by atoms with van der Waals surface area (Å²) < 4.78 is 41.7. The molecule has 6 nitrogen and oxygen atoms in total. The van der Waals surface area contributed by atoms with E-state index in [1.54, 1.807) is 0 Å². The summed E-state index contributed by atoms with van der Waals surface area (Å²) in [5.41, 5.74) is 5.69. The number of imidazole rings is 1. The number of nitrogens with zero attached hydrogens (tertiary/aromatic N) is 3. The van der Waals surface area contributed by atoms with Crippen molar-refractivity contribution in [2.45, 2.75) is 44.9 Å². The van der Waals surface area contributed by atoms with Crippen molar-refractivity contribution in [3.8, 4) is 0 Å². The maximum absolute atomic E-state index is 13.5. The fraction of sp³-hybridized carbons (Fsp3) is 0.474. The molecule has 29 heavy (non-hydrogen) atoms. The van der Waals surface area contributed by atoms with E-state index in [0.717, 1.165) is 34.2 Å². The van der Waals surface area contributed by atoms with Crippen LogP contribution < -0.4 is 11.1 Å². The highest BCUT2D eigenvalue weighted by Crippen LogP contribution is 2.40. The van der Waals surface area contributed by atoms with E-state index in [-0.39, 0.29) is 36.5 Å². The molecule has 162 valence electrons. The number of nitrogens with two attached hydrogens (primary N) is 1. The van der Waals surface area contributed by atoms with Crippen molar-refractivity contribution in [1.82, 2.24) is 9.55 Å². The normalized spacial score (nSPS) is 14.2. The van der Waals surface area contributed by atoms with Gasteiger partial charge in [-0.2, -0.15) is 13.2 Å². The van der Waals surface area contributed by atoms with E-state index < -0.39 is 24.0 Å². The van der Waals surface area contributed by atoms with E-state index in [2.05, 4.69) is 15.3 Å². The highest BCUT2D eigenvalue weighted by molar-refractivity contribution is 14.0. The molecule has 1 heterocycles. The van der Waals surface area contributed by atoms with Gasteiger partial charge in [0.05, 0.1) is 0 Å². The topological polar surface area (TPSA) is 88.5 Å². The average Bonchev–Trinajstić information content (AvgIpc) is 3.07. The summed E-state index contributed by atoms with van der Waals surface area (Å²) in [4.78, 5) is 7.66. The lowest BCUT2D eigenvalue weighted by atomic mass is 9.98. The molecule has 4 N–H and O–H groups in total. The summed E-state index contributed by atoms with van der Waals surface area (Å²) in [6.45, 7) is 3.69. The Labute approximate surface area is 185 Å². The van der Waals surface area contributed by atoms with Crippen LogP contribution in [0.4, 0.5) is 18.9 Å². The third-order valence-electron chi connectivity index (χ3n) is 4.67. The number of aliphatic imine (C=N–C) groups is 1. The van der Waals surface area contributed by atoms with Crippen LogP contribution in [0.2, 0.25) is 0 Å². The zero-order valence-electron chi connectivity index (χ0n) is 16.6. The van der Waals surface area contributed by atoms with Gasteiger partial charge in [0, 0.05) is 38.1 Å². The Bertz CT molecular complexity index is 815. The SMILES string of the molecule is CCc1cccc(CC)c1NC(N)=NCCC(O)(c1nccn1C)C(F)(F)F.I. The van der Waals surface area contributed by atoms with Crippen LogP contribution in [-0.2, 0) is 25.5 Å². The van der Waals surface area contributed by atoms with Crippen LogP contribution in [0.3, 0.4) is 0 Å². The van der Waals surface area contributed by atoms with Gasteiger partial charge in [-0.15, -0.1) is 24.0 Å². The molecule has 0 saturated heterocycles. The number of nitrogens with one attached hydrogen (secondary N) is 1. The van der Waals surface area contributed by atoms with E-state index in [1.165, 1.54) is 19.4 Å². The first-order valence-electron chi connectivity index (χ1n) is 9.08. The van der Waals surface area contributed by atoms with Crippen molar-refractivity contribution in [3.05, 3.63) is 47.5 Å². The molecule has 2 rings (SSSR count). The molecule has 0 amide bonds. The average molecular weight is 525 g/mol. The molecular weight excluding hydrogens is 498 g/mol. The zero-order valence-corrected chi connectivity index (χ0v) is 19.0. The Balaban J connectivity index is 0.00000420. The van der Waals surface area contributed by atoms with Gasteiger partial charge in [0.15, 0.2) is 5.96 Å². The number of aromatic nitrogens is 2. The second-order valence-corrected chi connectivity index (χ2v) is 6.52. The number of aliphatic hydroxyl groups is 1. The molecule has 10 heteroatoms. The molecular formula is C19H27F3IN5O. The summed E-state index contributed by atoms with van der Waals surface area (Å²) in [6.07, 6.45) is -1.49. The van der Waals surface area contributed by atoms with Gasteiger partial charge in [-0.25, -0.2) is 4.98 Å². The predicted octanol–water partition coefficient (Wildman–Crippen LogP) is 3.73. The third-order valence-corrected chi connectivity index (χ3v) is 4.67. The van der Waals surface area contributed by atoms with Crippen molar-refractivity contribution in [2.75, 3.05) is 11.9 Å².